The number of hydrogen-bond acceptors (Lipinski definition) is 2. The topological polar surface area (TPSA) is 53.9 Å². The SMILES string of the molecule is [O-][n+]1ccc(-c2cccc3cccc(-c4cc[n+]([O-])c(-c5ccccc5)c4)c23)cc1-c1ccccc1. The minimum absolute atomic E-state index is 0.598. The third kappa shape index (κ3) is 3.85. The molecule has 0 atom stereocenters. The third-order valence-corrected chi connectivity index (χ3v) is 6.50. The van der Waals surface area contributed by atoms with Crippen LogP contribution >= 0.6 is 0 Å². The van der Waals surface area contributed by atoms with Gasteiger partial charge in [-0.2, -0.15) is 9.46 Å². The standard InChI is InChI=1S/C32H22N2O2/c35-33-19-17-26(21-30(33)23-9-3-1-4-10-23)28-15-7-13-25-14-8-16-29(32(25)28)27-18-20-34(36)31(22-27)24-11-5-2-6-12-24/h1-22H. The van der Waals surface area contributed by atoms with E-state index in [1.807, 2.05) is 97.1 Å². The lowest BCUT2D eigenvalue weighted by molar-refractivity contribution is -0.593. The Bertz CT molecular complexity index is 1570. The van der Waals surface area contributed by atoms with Crippen molar-refractivity contribution in [2.45, 2.75) is 0 Å². The summed E-state index contributed by atoms with van der Waals surface area (Å²) in [7, 11) is 0. The summed E-state index contributed by atoms with van der Waals surface area (Å²) in [4.78, 5) is 0. The van der Waals surface area contributed by atoms with Gasteiger partial charge < -0.3 is 10.4 Å². The summed E-state index contributed by atoms with van der Waals surface area (Å²) in [5, 5.41) is 27.5. The Morgan fingerprint density at radius 3 is 1.31 bits per heavy atom. The number of nitrogens with zero attached hydrogens (tertiary/aromatic N) is 2. The minimum atomic E-state index is 0.598. The molecule has 6 rings (SSSR count). The van der Waals surface area contributed by atoms with E-state index in [1.54, 1.807) is 12.4 Å². The smallest absolute Gasteiger partial charge is 0.224 e. The van der Waals surface area contributed by atoms with Crippen molar-refractivity contribution in [3.63, 3.8) is 0 Å². The number of benzene rings is 4. The second-order valence-electron chi connectivity index (χ2n) is 8.69. The van der Waals surface area contributed by atoms with Gasteiger partial charge in [0.1, 0.15) is 0 Å². The third-order valence-electron chi connectivity index (χ3n) is 6.50. The fraction of sp³-hybridized carbons (Fsp3) is 0. The zero-order chi connectivity index (χ0) is 24.5. The average Bonchev–Trinajstić information content (AvgIpc) is 2.94. The molecule has 0 saturated carbocycles. The van der Waals surface area contributed by atoms with Gasteiger partial charge in [0.25, 0.3) is 0 Å². The predicted molar refractivity (Wildman–Crippen MR) is 144 cm³/mol. The molecule has 172 valence electrons. The maximum atomic E-state index is 12.6. The second kappa shape index (κ2) is 9.01. The molecule has 0 unspecified atom stereocenters. The van der Waals surface area contributed by atoms with Gasteiger partial charge in [-0.3, -0.25) is 0 Å². The molecular formula is C32H22N2O2. The van der Waals surface area contributed by atoms with Crippen LogP contribution in [0.4, 0.5) is 0 Å². The molecule has 4 nitrogen and oxygen atoms in total. The molecular weight excluding hydrogens is 444 g/mol. The van der Waals surface area contributed by atoms with Crippen molar-refractivity contribution >= 4 is 10.8 Å². The molecule has 0 fully saturated rings. The summed E-state index contributed by atoms with van der Waals surface area (Å²) in [5.41, 5.74) is 6.90. The monoisotopic (exact) mass is 466 g/mol. The Kier molecular flexibility index (Phi) is 5.39. The predicted octanol–water partition coefficient (Wildman–Crippen LogP) is 6.77. The molecule has 4 aromatic carbocycles. The Hall–Kier alpha value is -4.96. The zero-order valence-electron chi connectivity index (χ0n) is 19.4. The number of fused-ring (bicyclic) bond motifs is 1. The first-order valence-corrected chi connectivity index (χ1v) is 11.8. The molecule has 4 heteroatoms. The molecule has 0 amide bonds. The summed E-state index contributed by atoms with van der Waals surface area (Å²) in [6.45, 7) is 0. The second-order valence-corrected chi connectivity index (χ2v) is 8.69. The maximum Gasteiger partial charge on any atom is 0.224 e. The van der Waals surface area contributed by atoms with Crippen LogP contribution in [0.5, 0.6) is 0 Å². The van der Waals surface area contributed by atoms with Crippen LogP contribution in [0.1, 0.15) is 0 Å². The molecule has 6 aromatic rings. The lowest BCUT2D eigenvalue weighted by Crippen LogP contribution is -2.28. The largest absolute Gasteiger partial charge is 0.618 e. The average molecular weight is 467 g/mol. The van der Waals surface area contributed by atoms with E-state index in [4.69, 9.17) is 0 Å². The fourth-order valence-electron chi connectivity index (χ4n) is 4.77. The van der Waals surface area contributed by atoms with Gasteiger partial charge in [-0.25, -0.2) is 0 Å². The molecule has 0 aliphatic carbocycles. The highest BCUT2D eigenvalue weighted by atomic mass is 16.5. The van der Waals surface area contributed by atoms with Crippen molar-refractivity contribution in [2.75, 3.05) is 0 Å². The van der Waals surface area contributed by atoms with Crippen molar-refractivity contribution in [3.05, 3.63) is 144 Å². The van der Waals surface area contributed by atoms with Gasteiger partial charge in [0, 0.05) is 35.4 Å². The van der Waals surface area contributed by atoms with Crippen LogP contribution in [0, 0.1) is 10.4 Å². The summed E-state index contributed by atoms with van der Waals surface area (Å²) in [6.07, 6.45) is 3.13. The van der Waals surface area contributed by atoms with Gasteiger partial charge >= 0.3 is 0 Å². The van der Waals surface area contributed by atoms with Crippen LogP contribution in [-0.4, -0.2) is 0 Å². The van der Waals surface area contributed by atoms with Crippen LogP contribution in [-0.2, 0) is 0 Å². The molecule has 0 aliphatic heterocycles. The van der Waals surface area contributed by atoms with E-state index in [2.05, 4.69) is 24.3 Å². The normalized spacial score (nSPS) is 11.0. The van der Waals surface area contributed by atoms with Crippen molar-refractivity contribution < 1.29 is 9.46 Å². The van der Waals surface area contributed by atoms with Crippen LogP contribution in [0.25, 0.3) is 55.5 Å². The molecule has 2 aromatic heterocycles. The van der Waals surface area contributed by atoms with Gasteiger partial charge in [0.05, 0.1) is 0 Å². The fourth-order valence-corrected chi connectivity index (χ4v) is 4.77. The summed E-state index contributed by atoms with van der Waals surface area (Å²) in [6, 6.07) is 39.4. The number of rotatable bonds is 4. The maximum absolute atomic E-state index is 12.6. The van der Waals surface area contributed by atoms with E-state index in [0.717, 1.165) is 53.6 Å². The van der Waals surface area contributed by atoms with E-state index in [1.165, 1.54) is 0 Å². The summed E-state index contributed by atoms with van der Waals surface area (Å²) >= 11 is 0. The number of aromatic nitrogens is 2. The molecule has 0 bridgehead atoms. The molecule has 2 heterocycles. The quantitative estimate of drug-likeness (QED) is 0.213. The van der Waals surface area contributed by atoms with Gasteiger partial charge in [0.2, 0.25) is 11.4 Å². The van der Waals surface area contributed by atoms with Crippen molar-refractivity contribution in [3.8, 4) is 44.8 Å². The zero-order valence-corrected chi connectivity index (χ0v) is 19.4. The van der Waals surface area contributed by atoms with Crippen molar-refractivity contribution in [1.29, 1.82) is 0 Å². The first-order chi connectivity index (χ1) is 17.7. The Balaban J connectivity index is 1.56. The lowest BCUT2D eigenvalue weighted by atomic mass is 9.91. The van der Waals surface area contributed by atoms with E-state index in [0.29, 0.717) is 11.4 Å². The molecule has 36 heavy (non-hydrogen) atoms. The highest BCUT2D eigenvalue weighted by molar-refractivity contribution is 6.06. The van der Waals surface area contributed by atoms with Crippen LogP contribution in [0.3, 0.4) is 0 Å². The highest BCUT2D eigenvalue weighted by Gasteiger charge is 2.17. The Labute approximate surface area is 209 Å². The van der Waals surface area contributed by atoms with Crippen LogP contribution < -0.4 is 9.46 Å². The van der Waals surface area contributed by atoms with E-state index >= 15 is 0 Å². The lowest BCUT2D eigenvalue weighted by Gasteiger charge is -2.14. The minimum Gasteiger partial charge on any atom is -0.618 e. The van der Waals surface area contributed by atoms with E-state index in [9.17, 15) is 10.4 Å². The molecule has 0 radical (unpaired) electrons. The molecule has 0 spiro atoms. The summed E-state index contributed by atoms with van der Waals surface area (Å²) < 4.78 is 1.81. The van der Waals surface area contributed by atoms with Crippen LogP contribution in [0.2, 0.25) is 0 Å². The Morgan fingerprint density at radius 2 is 0.861 bits per heavy atom. The molecule has 0 aliphatic rings. The van der Waals surface area contributed by atoms with Crippen molar-refractivity contribution in [1.82, 2.24) is 0 Å². The number of hydrogen-bond donors (Lipinski definition) is 0. The van der Waals surface area contributed by atoms with E-state index in [-0.39, 0.29) is 0 Å². The van der Waals surface area contributed by atoms with Gasteiger partial charge in [-0.15, -0.1) is 0 Å². The van der Waals surface area contributed by atoms with Gasteiger partial charge in [-0.05, 0) is 57.3 Å². The summed E-state index contributed by atoms with van der Waals surface area (Å²) in [5.74, 6) is 0. The van der Waals surface area contributed by atoms with Gasteiger partial charge in [0.15, 0.2) is 12.4 Å². The Morgan fingerprint density at radius 1 is 0.417 bits per heavy atom. The molecule has 0 saturated heterocycles. The van der Waals surface area contributed by atoms with Gasteiger partial charge in [-0.1, -0.05) is 72.8 Å². The highest BCUT2D eigenvalue weighted by Crippen LogP contribution is 2.37. The first kappa shape index (κ1) is 21.6. The van der Waals surface area contributed by atoms with Crippen molar-refractivity contribution in [2.24, 2.45) is 0 Å². The number of pyridine rings is 2. The van der Waals surface area contributed by atoms with Crippen LogP contribution in [0.15, 0.2) is 134 Å². The van der Waals surface area contributed by atoms with E-state index < -0.39 is 0 Å². The molecule has 0 N–H and O–H groups in total. The first-order valence-electron chi connectivity index (χ1n) is 11.8.